The van der Waals surface area contributed by atoms with Crippen LogP contribution in [0.2, 0.25) is 0 Å². The normalized spacial score (nSPS) is 12.0. The molecular formula is C16H17FO3. The van der Waals surface area contributed by atoms with Crippen LogP contribution in [0.4, 0.5) is 4.39 Å². The Hall–Kier alpha value is -2.07. The standard InChI is InChI=1S/C16H17FO3/c1-11(18)15-7-6-14(19-2)9-16(15)20-10-12-4-3-5-13(17)8-12/h3-9,11,18H,10H2,1-2H3. The van der Waals surface area contributed by atoms with Crippen LogP contribution in [0.5, 0.6) is 11.5 Å². The minimum atomic E-state index is -0.650. The van der Waals surface area contributed by atoms with Crippen LogP contribution in [0.15, 0.2) is 42.5 Å². The van der Waals surface area contributed by atoms with Gasteiger partial charge in [0, 0.05) is 11.6 Å². The minimum Gasteiger partial charge on any atom is -0.497 e. The van der Waals surface area contributed by atoms with Crippen molar-refractivity contribution in [2.24, 2.45) is 0 Å². The summed E-state index contributed by atoms with van der Waals surface area (Å²) in [6, 6.07) is 11.4. The lowest BCUT2D eigenvalue weighted by Crippen LogP contribution is -2.01. The molecule has 0 aliphatic rings. The first-order valence-electron chi connectivity index (χ1n) is 6.33. The van der Waals surface area contributed by atoms with E-state index < -0.39 is 6.10 Å². The van der Waals surface area contributed by atoms with Crippen molar-refractivity contribution in [3.8, 4) is 11.5 Å². The van der Waals surface area contributed by atoms with Gasteiger partial charge in [-0.15, -0.1) is 0 Å². The van der Waals surface area contributed by atoms with Crippen molar-refractivity contribution < 1.29 is 19.0 Å². The molecule has 4 heteroatoms. The topological polar surface area (TPSA) is 38.7 Å². The molecule has 0 aromatic heterocycles. The number of ether oxygens (including phenoxy) is 2. The van der Waals surface area contributed by atoms with Crippen molar-refractivity contribution in [2.75, 3.05) is 7.11 Å². The Morgan fingerprint density at radius 2 is 2.00 bits per heavy atom. The zero-order chi connectivity index (χ0) is 14.5. The number of halogens is 1. The molecule has 0 amide bonds. The number of hydrogen-bond acceptors (Lipinski definition) is 3. The van der Waals surface area contributed by atoms with Gasteiger partial charge in [-0.3, -0.25) is 0 Å². The minimum absolute atomic E-state index is 0.227. The second-order valence-electron chi connectivity index (χ2n) is 4.50. The summed E-state index contributed by atoms with van der Waals surface area (Å²) in [5.74, 6) is 0.875. The van der Waals surface area contributed by atoms with Crippen LogP contribution >= 0.6 is 0 Å². The smallest absolute Gasteiger partial charge is 0.129 e. The van der Waals surface area contributed by atoms with Gasteiger partial charge >= 0.3 is 0 Å². The molecule has 0 spiro atoms. The second kappa shape index (κ2) is 6.39. The first-order valence-corrected chi connectivity index (χ1v) is 6.33. The highest BCUT2D eigenvalue weighted by Gasteiger charge is 2.11. The van der Waals surface area contributed by atoms with Gasteiger partial charge in [0.2, 0.25) is 0 Å². The first-order chi connectivity index (χ1) is 9.60. The molecule has 2 aromatic rings. The Kier molecular flexibility index (Phi) is 4.58. The molecule has 0 radical (unpaired) electrons. The van der Waals surface area contributed by atoms with Gasteiger partial charge in [-0.2, -0.15) is 0 Å². The Morgan fingerprint density at radius 3 is 2.65 bits per heavy atom. The van der Waals surface area contributed by atoms with Crippen LogP contribution in [0.1, 0.15) is 24.2 Å². The molecule has 0 fully saturated rings. The van der Waals surface area contributed by atoms with Crippen LogP contribution in [0.3, 0.4) is 0 Å². The van der Waals surface area contributed by atoms with Gasteiger partial charge in [0.15, 0.2) is 0 Å². The molecular weight excluding hydrogens is 259 g/mol. The summed E-state index contributed by atoms with van der Waals surface area (Å²) in [7, 11) is 1.56. The number of methoxy groups -OCH3 is 1. The predicted octanol–water partition coefficient (Wildman–Crippen LogP) is 3.47. The molecule has 0 saturated heterocycles. The summed E-state index contributed by atoms with van der Waals surface area (Å²) in [4.78, 5) is 0. The summed E-state index contributed by atoms with van der Waals surface area (Å²) in [6.07, 6.45) is -0.650. The van der Waals surface area contributed by atoms with Crippen LogP contribution in [0.25, 0.3) is 0 Å². The molecule has 0 aliphatic heterocycles. The van der Waals surface area contributed by atoms with Crippen molar-refractivity contribution in [3.63, 3.8) is 0 Å². The molecule has 0 heterocycles. The Balaban J connectivity index is 2.19. The third-order valence-corrected chi connectivity index (χ3v) is 2.95. The van der Waals surface area contributed by atoms with Crippen molar-refractivity contribution in [1.82, 2.24) is 0 Å². The Bertz CT molecular complexity index is 582. The molecule has 106 valence electrons. The summed E-state index contributed by atoms with van der Waals surface area (Å²) >= 11 is 0. The van der Waals surface area contributed by atoms with Gasteiger partial charge < -0.3 is 14.6 Å². The fourth-order valence-electron chi connectivity index (χ4n) is 1.90. The van der Waals surface area contributed by atoms with E-state index in [-0.39, 0.29) is 12.4 Å². The van der Waals surface area contributed by atoms with Gasteiger partial charge in [0.05, 0.1) is 13.2 Å². The zero-order valence-corrected chi connectivity index (χ0v) is 11.5. The van der Waals surface area contributed by atoms with Crippen molar-refractivity contribution in [1.29, 1.82) is 0 Å². The monoisotopic (exact) mass is 276 g/mol. The Morgan fingerprint density at radius 1 is 1.20 bits per heavy atom. The van der Waals surface area contributed by atoms with E-state index in [9.17, 15) is 9.50 Å². The second-order valence-corrected chi connectivity index (χ2v) is 4.50. The number of benzene rings is 2. The van der Waals surface area contributed by atoms with Crippen LogP contribution in [-0.2, 0) is 6.61 Å². The van der Waals surface area contributed by atoms with Crippen molar-refractivity contribution >= 4 is 0 Å². The lowest BCUT2D eigenvalue weighted by molar-refractivity contribution is 0.190. The van der Waals surface area contributed by atoms with E-state index in [4.69, 9.17) is 9.47 Å². The average Bonchev–Trinajstić information content (AvgIpc) is 2.44. The van der Waals surface area contributed by atoms with Gasteiger partial charge in [0.1, 0.15) is 23.9 Å². The van der Waals surface area contributed by atoms with Crippen LogP contribution in [0, 0.1) is 5.82 Å². The van der Waals surface area contributed by atoms with E-state index in [0.717, 1.165) is 5.56 Å². The van der Waals surface area contributed by atoms with E-state index in [1.54, 1.807) is 44.4 Å². The lowest BCUT2D eigenvalue weighted by Gasteiger charge is -2.14. The molecule has 3 nitrogen and oxygen atoms in total. The number of aliphatic hydroxyl groups excluding tert-OH is 1. The highest BCUT2D eigenvalue weighted by molar-refractivity contribution is 5.42. The molecule has 0 bridgehead atoms. The highest BCUT2D eigenvalue weighted by Crippen LogP contribution is 2.30. The van der Waals surface area contributed by atoms with Crippen LogP contribution in [-0.4, -0.2) is 12.2 Å². The van der Waals surface area contributed by atoms with Gasteiger partial charge in [-0.25, -0.2) is 4.39 Å². The highest BCUT2D eigenvalue weighted by atomic mass is 19.1. The summed E-state index contributed by atoms with van der Waals surface area (Å²) < 4.78 is 23.9. The molecule has 1 atom stereocenters. The molecule has 20 heavy (non-hydrogen) atoms. The Labute approximate surface area is 117 Å². The molecule has 0 saturated carbocycles. The van der Waals surface area contributed by atoms with E-state index in [0.29, 0.717) is 17.1 Å². The number of aliphatic hydroxyl groups is 1. The fourth-order valence-corrected chi connectivity index (χ4v) is 1.90. The maximum atomic E-state index is 13.1. The maximum Gasteiger partial charge on any atom is 0.129 e. The van der Waals surface area contributed by atoms with Crippen molar-refractivity contribution in [2.45, 2.75) is 19.6 Å². The summed E-state index contributed by atoms with van der Waals surface area (Å²) in [6.45, 7) is 1.89. The largest absolute Gasteiger partial charge is 0.497 e. The summed E-state index contributed by atoms with van der Waals surface area (Å²) in [5.41, 5.74) is 1.39. The van der Waals surface area contributed by atoms with E-state index in [1.165, 1.54) is 12.1 Å². The maximum absolute atomic E-state index is 13.1. The number of rotatable bonds is 5. The predicted molar refractivity (Wildman–Crippen MR) is 74.4 cm³/mol. The quantitative estimate of drug-likeness (QED) is 0.908. The zero-order valence-electron chi connectivity index (χ0n) is 11.5. The number of hydrogen-bond donors (Lipinski definition) is 1. The van der Waals surface area contributed by atoms with E-state index >= 15 is 0 Å². The SMILES string of the molecule is COc1ccc(C(C)O)c(OCc2cccc(F)c2)c1. The molecule has 0 aliphatic carbocycles. The van der Waals surface area contributed by atoms with Gasteiger partial charge in [-0.1, -0.05) is 12.1 Å². The molecule has 2 aromatic carbocycles. The summed E-state index contributed by atoms with van der Waals surface area (Å²) in [5, 5.41) is 9.73. The third kappa shape index (κ3) is 3.48. The molecule has 2 rings (SSSR count). The lowest BCUT2D eigenvalue weighted by atomic mass is 10.1. The van der Waals surface area contributed by atoms with Crippen LogP contribution < -0.4 is 9.47 Å². The van der Waals surface area contributed by atoms with Crippen molar-refractivity contribution in [3.05, 3.63) is 59.4 Å². The average molecular weight is 276 g/mol. The van der Waals surface area contributed by atoms with Gasteiger partial charge in [-0.05, 0) is 36.8 Å². The fraction of sp³-hybridized carbons (Fsp3) is 0.250. The third-order valence-electron chi connectivity index (χ3n) is 2.95. The molecule has 1 N–H and O–H groups in total. The van der Waals surface area contributed by atoms with E-state index in [1.807, 2.05) is 0 Å². The van der Waals surface area contributed by atoms with E-state index in [2.05, 4.69) is 0 Å². The molecule has 1 unspecified atom stereocenters. The first kappa shape index (κ1) is 14.3. The van der Waals surface area contributed by atoms with Gasteiger partial charge in [0.25, 0.3) is 0 Å².